The maximum Gasteiger partial charge on any atom is 0.316 e. The largest absolute Gasteiger partial charge is 0.468 e. The smallest absolute Gasteiger partial charge is 0.316 e. The van der Waals surface area contributed by atoms with Crippen LogP contribution in [-0.4, -0.2) is 35.1 Å². The van der Waals surface area contributed by atoms with E-state index in [2.05, 4.69) is 39.9 Å². The summed E-state index contributed by atoms with van der Waals surface area (Å²) in [6.07, 6.45) is 4.40. The summed E-state index contributed by atoms with van der Waals surface area (Å²) in [4.78, 5) is 15.7. The lowest BCUT2D eigenvalue weighted by Gasteiger charge is -2.33. The van der Waals surface area contributed by atoms with E-state index in [1.54, 1.807) is 0 Å². The topological polar surface area (TPSA) is 34.5 Å². The van der Waals surface area contributed by atoms with E-state index in [9.17, 15) is 4.79 Å². The Bertz CT molecular complexity index is 830. The molecule has 3 aliphatic rings. The zero-order chi connectivity index (χ0) is 17.2. The van der Waals surface area contributed by atoms with Crippen LogP contribution in [0.4, 0.5) is 0 Å². The molecule has 2 aromatic rings. The number of halogens is 1. The molecule has 4 nitrogen and oxygen atoms in total. The van der Waals surface area contributed by atoms with Crippen LogP contribution in [-0.2, 0) is 16.1 Å². The van der Waals surface area contributed by atoms with Crippen molar-refractivity contribution >= 4 is 17.6 Å². The zero-order valence-corrected chi connectivity index (χ0v) is 14.9. The van der Waals surface area contributed by atoms with E-state index in [0.717, 1.165) is 18.0 Å². The fourth-order valence-corrected chi connectivity index (χ4v) is 5.83. The summed E-state index contributed by atoms with van der Waals surface area (Å²) in [6, 6.07) is 12.8. The molecule has 3 aliphatic heterocycles. The van der Waals surface area contributed by atoms with Crippen LogP contribution in [0.2, 0.25) is 5.02 Å². The van der Waals surface area contributed by atoms with Crippen molar-refractivity contribution < 1.29 is 9.53 Å². The first-order valence-electron chi connectivity index (χ1n) is 8.91. The third-order valence-corrected chi connectivity index (χ3v) is 6.72. The summed E-state index contributed by atoms with van der Waals surface area (Å²) >= 11 is 6.11. The van der Waals surface area contributed by atoms with E-state index in [1.165, 1.54) is 24.8 Å². The number of methoxy groups -OCH3 is 1. The molecule has 0 N–H and O–H groups in total. The molecule has 130 valence electrons. The lowest BCUT2D eigenvalue weighted by molar-refractivity contribution is -0.155. The van der Waals surface area contributed by atoms with Gasteiger partial charge >= 0.3 is 5.97 Å². The number of aromatic nitrogens is 1. The van der Waals surface area contributed by atoms with E-state index in [4.69, 9.17) is 16.3 Å². The molecule has 2 saturated heterocycles. The van der Waals surface area contributed by atoms with Gasteiger partial charge in [-0.1, -0.05) is 23.7 Å². The Balaban J connectivity index is 1.72. The third kappa shape index (κ3) is 1.90. The van der Waals surface area contributed by atoms with Crippen molar-refractivity contribution in [2.75, 3.05) is 13.7 Å². The number of fused-ring (bicyclic) bond motifs is 5. The molecule has 4 heterocycles. The summed E-state index contributed by atoms with van der Waals surface area (Å²) in [7, 11) is 1.52. The van der Waals surface area contributed by atoms with Crippen LogP contribution in [0.15, 0.2) is 42.6 Å². The Hall–Kier alpha value is -1.78. The van der Waals surface area contributed by atoms with Gasteiger partial charge in [0.15, 0.2) is 0 Å². The predicted octanol–water partition coefficient (Wildman–Crippen LogP) is 3.62. The Morgan fingerprint density at radius 1 is 1.28 bits per heavy atom. The van der Waals surface area contributed by atoms with Crippen molar-refractivity contribution in [1.29, 1.82) is 0 Å². The highest BCUT2D eigenvalue weighted by Crippen LogP contribution is 2.64. The first-order valence-corrected chi connectivity index (χ1v) is 9.29. The molecule has 0 aliphatic carbocycles. The van der Waals surface area contributed by atoms with Crippen LogP contribution in [0, 0.1) is 5.41 Å². The lowest BCUT2D eigenvalue weighted by Crippen LogP contribution is -2.41. The molecule has 2 fully saturated rings. The second-order valence-corrected chi connectivity index (χ2v) is 7.91. The first kappa shape index (κ1) is 15.5. The Morgan fingerprint density at radius 3 is 2.84 bits per heavy atom. The number of nitrogens with zero attached hydrogens (tertiary/aromatic N) is 2. The molecule has 1 unspecified atom stereocenters. The van der Waals surface area contributed by atoms with E-state index in [0.29, 0.717) is 12.6 Å². The lowest BCUT2D eigenvalue weighted by atomic mass is 9.68. The van der Waals surface area contributed by atoms with E-state index >= 15 is 0 Å². The molecule has 1 aromatic carbocycles. The van der Waals surface area contributed by atoms with Gasteiger partial charge in [-0.15, -0.1) is 0 Å². The number of hydrogen-bond acceptors (Lipinski definition) is 3. The highest BCUT2D eigenvalue weighted by atomic mass is 35.5. The molecule has 1 aromatic heterocycles. The molecule has 0 saturated carbocycles. The maximum atomic E-state index is 13.2. The van der Waals surface area contributed by atoms with Gasteiger partial charge < -0.3 is 9.30 Å². The number of ether oxygens (including phenoxy) is 1. The standard InChI is InChI=1S/C20H21ClN2O2/c1-25-19(24)20-12-22-10-2-5-16(22)18(20)23-11-3-4-15(23)17(20)13-6-8-14(21)9-7-13/h2,5-10,15,17-18H,3-4,11-12H2,1H3/t15?,17-,18+,20-/m1/s1. The maximum absolute atomic E-state index is 13.2. The van der Waals surface area contributed by atoms with Crippen molar-refractivity contribution in [2.45, 2.75) is 37.4 Å². The van der Waals surface area contributed by atoms with Crippen LogP contribution in [0.25, 0.3) is 0 Å². The van der Waals surface area contributed by atoms with Crippen LogP contribution < -0.4 is 0 Å². The van der Waals surface area contributed by atoms with Gasteiger partial charge in [-0.25, -0.2) is 0 Å². The minimum atomic E-state index is -0.551. The summed E-state index contributed by atoms with van der Waals surface area (Å²) < 4.78 is 7.61. The second-order valence-electron chi connectivity index (χ2n) is 7.47. The van der Waals surface area contributed by atoms with Gasteiger partial charge in [0, 0.05) is 35.4 Å². The van der Waals surface area contributed by atoms with Gasteiger partial charge in [0.1, 0.15) is 5.41 Å². The molecule has 25 heavy (non-hydrogen) atoms. The third-order valence-electron chi connectivity index (χ3n) is 6.47. The fraction of sp³-hybridized carbons (Fsp3) is 0.450. The van der Waals surface area contributed by atoms with Gasteiger partial charge in [0.05, 0.1) is 13.2 Å². The van der Waals surface area contributed by atoms with E-state index < -0.39 is 5.41 Å². The van der Waals surface area contributed by atoms with Crippen LogP contribution in [0.1, 0.15) is 36.1 Å². The first-order chi connectivity index (χ1) is 12.2. The van der Waals surface area contributed by atoms with Gasteiger partial charge in [0.2, 0.25) is 0 Å². The normalized spacial score (nSPS) is 33.1. The summed E-state index contributed by atoms with van der Waals surface area (Å²) in [5, 5.41) is 0.728. The molecular weight excluding hydrogens is 336 g/mol. The van der Waals surface area contributed by atoms with E-state index in [1.807, 2.05) is 12.1 Å². The number of esters is 1. The summed E-state index contributed by atoms with van der Waals surface area (Å²) in [5.41, 5.74) is 1.89. The van der Waals surface area contributed by atoms with Gasteiger partial charge in [-0.05, 0) is 49.2 Å². The van der Waals surface area contributed by atoms with Crippen molar-refractivity contribution in [3.8, 4) is 0 Å². The van der Waals surface area contributed by atoms with Gasteiger partial charge in [-0.2, -0.15) is 0 Å². The van der Waals surface area contributed by atoms with Crippen molar-refractivity contribution in [2.24, 2.45) is 5.41 Å². The minimum absolute atomic E-state index is 0.0875. The van der Waals surface area contributed by atoms with Crippen LogP contribution in [0.5, 0.6) is 0 Å². The van der Waals surface area contributed by atoms with E-state index in [-0.39, 0.29) is 17.9 Å². The average molecular weight is 357 g/mol. The Labute approximate surface area is 152 Å². The summed E-state index contributed by atoms with van der Waals surface area (Å²) in [6.45, 7) is 1.73. The van der Waals surface area contributed by atoms with Crippen LogP contribution >= 0.6 is 11.6 Å². The average Bonchev–Trinajstić information content (AvgIpc) is 3.33. The van der Waals surface area contributed by atoms with Crippen molar-refractivity contribution in [3.05, 3.63) is 58.9 Å². The van der Waals surface area contributed by atoms with Crippen molar-refractivity contribution in [3.63, 3.8) is 0 Å². The molecule has 4 atom stereocenters. The highest BCUT2D eigenvalue weighted by Gasteiger charge is 2.68. The van der Waals surface area contributed by atoms with Crippen molar-refractivity contribution in [1.82, 2.24) is 9.47 Å². The Morgan fingerprint density at radius 2 is 2.08 bits per heavy atom. The van der Waals surface area contributed by atoms with Gasteiger partial charge in [0.25, 0.3) is 0 Å². The minimum Gasteiger partial charge on any atom is -0.468 e. The van der Waals surface area contributed by atoms with Crippen LogP contribution in [0.3, 0.4) is 0 Å². The predicted molar refractivity (Wildman–Crippen MR) is 95.5 cm³/mol. The molecule has 0 amide bonds. The zero-order valence-electron chi connectivity index (χ0n) is 14.2. The monoisotopic (exact) mass is 356 g/mol. The number of carbonyl (C=O) groups excluding carboxylic acids is 1. The molecule has 0 spiro atoms. The molecule has 0 bridgehead atoms. The highest BCUT2D eigenvalue weighted by molar-refractivity contribution is 6.30. The Kier molecular flexibility index (Phi) is 3.32. The SMILES string of the molecule is COC(=O)[C@@]12Cn3cccc3[C@@H]1N1CCCC1[C@H]2c1ccc(Cl)cc1. The van der Waals surface area contributed by atoms with Gasteiger partial charge in [-0.3, -0.25) is 9.69 Å². The number of benzene rings is 1. The molecule has 0 radical (unpaired) electrons. The fourth-order valence-electron chi connectivity index (χ4n) is 5.71. The molecular formula is C20H21ClN2O2. The summed E-state index contributed by atoms with van der Waals surface area (Å²) in [5.74, 6) is 0.0418. The number of carbonyl (C=O) groups is 1. The second kappa shape index (κ2) is 5.36. The molecule has 5 rings (SSSR count). The number of rotatable bonds is 2. The number of hydrogen-bond donors (Lipinski definition) is 0. The molecule has 5 heteroatoms. The quantitative estimate of drug-likeness (QED) is 0.771.